The first kappa shape index (κ1) is 17.0. The molecule has 6 nitrogen and oxygen atoms in total. The summed E-state index contributed by atoms with van der Waals surface area (Å²) in [6, 6.07) is 10.2. The molecule has 0 atom stereocenters. The van der Waals surface area contributed by atoms with Crippen molar-refractivity contribution < 1.29 is 19.4 Å². The van der Waals surface area contributed by atoms with Crippen LogP contribution < -0.4 is 0 Å². The third kappa shape index (κ3) is 3.48. The number of halogens is 1. The average Bonchev–Trinajstić information content (AvgIpc) is 2.96. The molecule has 0 saturated carbocycles. The van der Waals surface area contributed by atoms with Crippen LogP contribution in [0, 0.1) is 5.82 Å². The zero-order valence-electron chi connectivity index (χ0n) is 13.2. The molecule has 0 radical (unpaired) electrons. The van der Waals surface area contributed by atoms with Crippen molar-refractivity contribution in [2.45, 2.75) is 5.16 Å². The van der Waals surface area contributed by atoms with Gasteiger partial charge in [-0.3, -0.25) is 4.79 Å². The molecule has 0 saturated heterocycles. The molecule has 0 spiro atoms. The smallest absolute Gasteiger partial charge is 0.191 e. The number of carbonyl (C=O) groups excluding carboxylic acids is 1. The predicted molar refractivity (Wildman–Crippen MR) is 91.2 cm³/mol. The van der Waals surface area contributed by atoms with Crippen LogP contribution in [0.1, 0.15) is 10.4 Å². The van der Waals surface area contributed by atoms with E-state index in [1.165, 1.54) is 24.3 Å². The number of rotatable bonds is 5. The molecule has 1 heterocycles. The molecule has 0 unspecified atom stereocenters. The van der Waals surface area contributed by atoms with E-state index in [2.05, 4.69) is 10.2 Å². The second-order valence-electron chi connectivity index (χ2n) is 5.26. The molecular weight excluding hydrogens is 345 g/mol. The van der Waals surface area contributed by atoms with Gasteiger partial charge in [0.15, 0.2) is 28.3 Å². The third-order valence-corrected chi connectivity index (χ3v) is 4.60. The number of aromatic nitrogens is 3. The number of benzene rings is 2. The number of nitrogens with zero attached hydrogens (tertiary/aromatic N) is 3. The summed E-state index contributed by atoms with van der Waals surface area (Å²) in [5.41, 5.74) is 0.610. The van der Waals surface area contributed by atoms with Gasteiger partial charge in [0.05, 0.1) is 11.3 Å². The minimum Gasteiger partial charge on any atom is -0.504 e. The maximum atomic E-state index is 13.9. The molecule has 8 heteroatoms. The van der Waals surface area contributed by atoms with E-state index >= 15 is 0 Å². The molecule has 1 aromatic heterocycles. The first-order chi connectivity index (χ1) is 12.0. The molecule has 0 bridgehead atoms. The summed E-state index contributed by atoms with van der Waals surface area (Å²) in [5, 5.41) is 27.2. The van der Waals surface area contributed by atoms with Gasteiger partial charge in [-0.05, 0) is 30.3 Å². The fourth-order valence-electron chi connectivity index (χ4n) is 2.23. The molecule has 25 heavy (non-hydrogen) atoms. The molecule has 0 aliphatic heterocycles. The topological polar surface area (TPSA) is 88.2 Å². The highest BCUT2D eigenvalue weighted by atomic mass is 32.2. The zero-order valence-corrected chi connectivity index (χ0v) is 14.0. The molecule has 2 N–H and O–H groups in total. The monoisotopic (exact) mass is 359 g/mol. The van der Waals surface area contributed by atoms with E-state index in [4.69, 9.17) is 0 Å². The summed E-state index contributed by atoms with van der Waals surface area (Å²) in [4.78, 5) is 12.2. The fraction of sp³-hybridized carbons (Fsp3) is 0.118. The lowest BCUT2D eigenvalue weighted by atomic mass is 10.1. The maximum Gasteiger partial charge on any atom is 0.191 e. The first-order valence-corrected chi connectivity index (χ1v) is 8.28. The standard InChI is InChI=1S/C17H14FN3O3S/c1-21-16(11-4-2-3-5-12(11)18)19-20-17(21)25-9-15(24)10-6-7-13(22)14(23)8-10/h2-8,22-23H,9H2,1H3. The van der Waals surface area contributed by atoms with Crippen molar-refractivity contribution in [3.63, 3.8) is 0 Å². The number of phenols is 2. The molecule has 0 fully saturated rings. The van der Waals surface area contributed by atoms with Crippen LogP contribution in [0.3, 0.4) is 0 Å². The van der Waals surface area contributed by atoms with Crippen LogP contribution in [-0.2, 0) is 7.05 Å². The normalized spacial score (nSPS) is 10.8. The van der Waals surface area contributed by atoms with E-state index < -0.39 is 5.82 Å². The zero-order chi connectivity index (χ0) is 18.0. The highest BCUT2D eigenvalue weighted by Crippen LogP contribution is 2.27. The third-order valence-electron chi connectivity index (χ3n) is 3.58. The van der Waals surface area contributed by atoms with Gasteiger partial charge < -0.3 is 14.8 Å². The van der Waals surface area contributed by atoms with Crippen LogP contribution in [0.2, 0.25) is 0 Å². The van der Waals surface area contributed by atoms with Gasteiger partial charge >= 0.3 is 0 Å². The van der Waals surface area contributed by atoms with Gasteiger partial charge in [0.2, 0.25) is 0 Å². The van der Waals surface area contributed by atoms with Gasteiger partial charge in [-0.1, -0.05) is 23.9 Å². The lowest BCUT2D eigenvalue weighted by molar-refractivity contribution is 0.102. The van der Waals surface area contributed by atoms with Crippen molar-refractivity contribution in [3.8, 4) is 22.9 Å². The van der Waals surface area contributed by atoms with Gasteiger partial charge in [0, 0.05) is 12.6 Å². The Morgan fingerprint density at radius 3 is 2.64 bits per heavy atom. The Hall–Kier alpha value is -2.87. The maximum absolute atomic E-state index is 13.9. The Labute approximate surface area is 147 Å². The highest BCUT2D eigenvalue weighted by Gasteiger charge is 2.16. The number of Topliss-reactive ketones (excluding diaryl/α,β-unsaturated/α-hetero) is 1. The van der Waals surface area contributed by atoms with Crippen molar-refractivity contribution in [2.24, 2.45) is 7.05 Å². The van der Waals surface area contributed by atoms with Crippen molar-refractivity contribution in [1.29, 1.82) is 0 Å². The van der Waals surface area contributed by atoms with Gasteiger partial charge in [-0.15, -0.1) is 10.2 Å². The Morgan fingerprint density at radius 2 is 1.92 bits per heavy atom. The SMILES string of the molecule is Cn1c(SCC(=O)c2ccc(O)c(O)c2)nnc1-c1ccccc1F. The Kier molecular flexibility index (Phi) is 4.71. The fourth-order valence-corrected chi connectivity index (χ4v) is 3.03. The second kappa shape index (κ2) is 6.94. The molecule has 128 valence electrons. The summed E-state index contributed by atoms with van der Waals surface area (Å²) in [5.74, 6) is -0.840. The van der Waals surface area contributed by atoms with E-state index in [1.807, 2.05) is 0 Å². The molecule has 0 amide bonds. The van der Waals surface area contributed by atoms with Crippen LogP contribution in [0.15, 0.2) is 47.6 Å². The largest absolute Gasteiger partial charge is 0.504 e. The Morgan fingerprint density at radius 1 is 1.16 bits per heavy atom. The number of aromatic hydroxyl groups is 2. The molecule has 3 aromatic rings. The quantitative estimate of drug-likeness (QED) is 0.414. The van der Waals surface area contributed by atoms with Gasteiger partial charge in [-0.2, -0.15) is 0 Å². The summed E-state index contributed by atoms with van der Waals surface area (Å²) in [7, 11) is 1.70. The van der Waals surface area contributed by atoms with Crippen molar-refractivity contribution >= 4 is 17.5 Å². The van der Waals surface area contributed by atoms with E-state index in [0.717, 1.165) is 11.8 Å². The number of carbonyl (C=O) groups is 1. The van der Waals surface area contributed by atoms with E-state index in [-0.39, 0.29) is 28.6 Å². The van der Waals surface area contributed by atoms with Gasteiger partial charge in [0.25, 0.3) is 0 Å². The number of hydrogen-bond acceptors (Lipinski definition) is 6. The molecule has 0 aliphatic carbocycles. The van der Waals surface area contributed by atoms with E-state index in [9.17, 15) is 19.4 Å². The predicted octanol–water partition coefficient (Wildman–Crippen LogP) is 3.01. The minimum atomic E-state index is -0.398. The van der Waals surface area contributed by atoms with Crippen molar-refractivity contribution in [3.05, 3.63) is 53.8 Å². The van der Waals surface area contributed by atoms with Crippen LogP contribution >= 0.6 is 11.8 Å². The second-order valence-corrected chi connectivity index (χ2v) is 6.20. The van der Waals surface area contributed by atoms with Crippen molar-refractivity contribution in [1.82, 2.24) is 14.8 Å². The van der Waals surface area contributed by atoms with Crippen LogP contribution in [-0.4, -0.2) is 36.5 Å². The van der Waals surface area contributed by atoms with Crippen LogP contribution in [0.25, 0.3) is 11.4 Å². The van der Waals surface area contributed by atoms with Gasteiger partial charge in [0.1, 0.15) is 5.82 Å². The number of phenolic OH excluding ortho intramolecular Hbond substituents is 2. The van der Waals surface area contributed by atoms with Gasteiger partial charge in [-0.25, -0.2) is 4.39 Å². The number of thioether (sulfide) groups is 1. The molecule has 0 aliphatic rings. The minimum absolute atomic E-state index is 0.0630. The Bertz CT molecular complexity index is 943. The lowest BCUT2D eigenvalue weighted by Gasteiger charge is -2.05. The summed E-state index contributed by atoms with van der Waals surface area (Å²) in [6.07, 6.45) is 0. The highest BCUT2D eigenvalue weighted by molar-refractivity contribution is 7.99. The van der Waals surface area contributed by atoms with Crippen LogP contribution in [0.4, 0.5) is 4.39 Å². The van der Waals surface area contributed by atoms with Crippen molar-refractivity contribution in [2.75, 3.05) is 5.75 Å². The summed E-state index contributed by atoms with van der Waals surface area (Å²) >= 11 is 1.15. The van der Waals surface area contributed by atoms with Crippen LogP contribution in [0.5, 0.6) is 11.5 Å². The number of hydrogen-bond donors (Lipinski definition) is 2. The molecule has 2 aromatic carbocycles. The van der Waals surface area contributed by atoms with E-state index in [0.29, 0.717) is 16.5 Å². The lowest BCUT2D eigenvalue weighted by Crippen LogP contribution is -2.04. The molecule has 3 rings (SSSR count). The first-order valence-electron chi connectivity index (χ1n) is 7.29. The number of ketones is 1. The Balaban J connectivity index is 1.75. The summed E-state index contributed by atoms with van der Waals surface area (Å²) < 4.78 is 15.5. The van der Waals surface area contributed by atoms with E-state index in [1.54, 1.807) is 29.8 Å². The molecular formula is C17H14FN3O3S. The summed E-state index contributed by atoms with van der Waals surface area (Å²) in [6.45, 7) is 0. The average molecular weight is 359 g/mol.